The molecule has 0 saturated carbocycles. The number of halogens is 3. The first-order chi connectivity index (χ1) is 18.6. The summed E-state index contributed by atoms with van der Waals surface area (Å²) in [6.07, 6.45) is 2.60. The van der Waals surface area contributed by atoms with Crippen molar-refractivity contribution in [3.05, 3.63) is 65.0 Å². The maximum Gasteiger partial charge on any atom is 0.294 e. The standard InChI is InChI=1S/C19H26F3N3O3S.C7H8O3S/c1-11(26)24-4-5-29(27,28)25-14-2-3-15(25)7-13(6-14)19(23)9-12-8-17(21)18(22)10-16(12)20;1-6-2-4-7(5-3-6)11(8,9)10/h8,10,13-15,19H,2-7,9,23H2,1H3,(H,24,26);2-5H,1H3,(H,8,9,10)/t13?,14-,15+,19-;/m1./s1. The Balaban J connectivity index is 0.000000336. The van der Waals surface area contributed by atoms with Crippen LogP contribution in [0.5, 0.6) is 0 Å². The Kier molecular flexibility index (Phi) is 10.4. The number of rotatable bonds is 8. The molecule has 0 aromatic heterocycles. The van der Waals surface area contributed by atoms with Gasteiger partial charge in [0.2, 0.25) is 15.9 Å². The van der Waals surface area contributed by atoms with Crippen molar-refractivity contribution in [2.24, 2.45) is 11.7 Å². The lowest BCUT2D eigenvalue weighted by atomic mass is 9.83. The number of hydrogen-bond acceptors (Lipinski definition) is 6. The summed E-state index contributed by atoms with van der Waals surface area (Å²) in [5.41, 5.74) is 7.24. The van der Waals surface area contributed by atoms with E-state index in [1.54, 1.807) is 16.4 Å². The molecular weight excluding hydrogens is 571 g/mol. The van der Waals surface area contributed by atoms with Gasteiger partial charge >= 0.3 is 0 Å². The van der Waals surface area contributed by atoms with Crippen LogP contribution < -0.4 is 11.1 Å². The first-order valence-corrected chi connectivity index (χ1v) is 15.8. The van der Waals surface area contributed by atoms with E-state index in [9.17, 15) is 34.8 Å². The van der Waals surface area contributed by atoms with Gasteiger partial charge in [-0.3, -0.25) is 9.35 Å². The summed E-state index contributed by atoms with van der Waals surface area (Å²) in [7, 11) is -7.53. The highest BCUT2D eigenvalue weighted by Gasteiger charge is 2.47. The van der Waals surface area contributed by atoms with Gasteiger partial charge in [-0.1, -0.05) is 17.7 Å². The van der Waals surface area contributed by atoms with Crippen molar-refractivity contribution in [3.63, 3.8) is 0 Å². The second kappa shape index (κ2) is 13.0. The van der Waals surface area contributed by atoms with Gasteiger partial charge in [0, 0.05) is 37.7 Å². The maximum atomic E-state index is 13.9. The highest BCUT2D eigenvalue weighted by atomic mass is 32.2. The molecule has 2 bridgehead atoms. The molecule has 40 heavy (non-hydrogen) atoms. The van der Waals surface area contributed by atoms with E-state index in [4.69, 9.17) is 10.3 Å². The Bertz CT molecular complexity index is 1410. The number of carbonyl (C=O) groups is 1. The average molecular weight is 606 g/mol. The first kappa shape index (κ1) is 32.0. The van der Waals surface area contributed by atoms with Gasteiger partial charge in [-0.05, 0) is 68.7 Å². The topological polar surface area (TPSA) is 147 Å². The third kappa shape index (κ3) is 8.26. The largest absolute Gasteiger partial charge is 0.355 e. The molecule has 0 aliphatic carbocycles. The molecule has 2 fully saturated rings. The number of nitrogens with two attached hydrogens (primary N) is 1. The maximum absolute atomic E-state index is 13.9. The van der Waals surface area contributed by atoms with E-state index in [1.165, 1.54) is 19.1 Å². The molecule has 2 aliphatic heterocycles. The Morgan fingerprint density at radius 3 is 2.10 bits per heavy atom. The molecular formula is C26H34F3N3O6S2. The summed E-state index contributed by atoms with van der Waals surface area (Å²) >= 11 is 0. The Morgan fingerprint density at radius 1 is 1.02 bits per heavy atom. The molecule has 9 nitrogen and oxygen atoms in total. The quantitative estimate of drug-likeness (QED) is 0.310. The van der Waals surface area contributed by atoms with E-state index in [-0.39, 0.29) is 53.1 Å². The van der Waals surface area contributed by atoms with Crippen molar-refractivity contribution < 1.29 is 39.4 Å². The van der Waals surface area contributed by atoms with Crippen molar-refractivity contribution in [2.75, 3.05) is 12.3 Å². The molecule has 2 heterocycles. The SMILES string of the molecule is CC(=O)NCCS(=O)(=O)N1[C@@H]2CC[C@H]1CC([C@H](N)Cc1cc(F)c(F)cc1F)C2.Cc1ccc(S(=O)(=O)O)cc1. The minimum Gasteiger partial charge on any atom is -0.355 e. The van der Waals surface area contributed by atoms with Gasteiger partial charge in [0.25, 0.3) is 10.1 Å². The van der Waals surface area contributed by atoms with Crippen molar-refractivity contribution in [1.29, 1.82) is 0 Å². The highest BCUT2D eigenvalue weighted by Crippen LogP contribution is 2.42. The number of carbonyl (C=O) groups excluding carboxylic acids is 1. The summed E-state index contributed by atoms with van der Waals surface area (Å²) < 4.78 is 97.0. The minimum atomic E-state index is -4.02. The fraction of sp³-hybridized carbons (Fsp3) is 0.500. The van der Waals surface area contributed by atoms with Crippen LogP contribution in [0.25, 0.3) is 0 Å². The van der Waals surface area contributed by atoms with E-state index >= 15 is 0 Å². The average Bonchev–Trinajstić information content (AvgIpc) is 3.13. The number of fused-ring (bicyclic) bond motifs is 2. The van der Waals surface area contributed by atoms with Gasteiger partial charge in [0.1, 0.15) is 5.82 Å². The Morgan fingerprint density at radius 2 is 1.57 bits per heavy atom. The van der Waals surface area contributed by atoms with E-state index in [2.05, 4.69) is 5.32 Å². The Hall–Kier alpha value is -2.52. The lowest BCUT2D eigenvalue weighted by Gasteiger charge is -2.40. The van der Waals surface area contributed by atoms with E-state index in [0.717, 1.165) is 24.5 Å². The molecule has 0 radical (unpaired) electrons. The van der Waals surface area contributed by atoms with Crippen LogP contribution in [0.4, 0.5) is 13.2 Å². The molecule has 2 aromatic carbocycles. The zero-order chi connectivity index (χ0) is 29.8. The van der Waals surface area contributed by atoms with Crippen molar-refractivity contribution >= 4 is 26.0 Å². The molecule has 1 unspecified atom stereocenters. The molecule has 2 saturated heterocycles. The summed E-state index contributed by atoms with van der Waals surface area (Å²) in [5.74, 6) is -3.67. The van der Waals surface area contributed by atoms with Gasteiger partial charge in [0.05, 0.1) is 10.6 Å². The van der Waals surface area contributed by atoms with Crippen LogP contribution in [-0.2, 0) is 31.4 Å². The van der Waals surface area contributed by atoms with Crippen LogP contribution in [0.3, 0.4) is 0 Å². The van der Waals surface area contributed by atoms with E-state index in [1.807, 2.05) is 6.92 Å². The zero-order valence-electron chi connectivity index (χ0n) is 22.2. The minimum absolute atomic E-state index is 0.0223. The van der Waals surface area contributed by atoms with Gasteiger partial charge in [-0.15, -0.1) is 0 Å². The van der Waals surface area contributed by atoms with Crippen LogP contribution >= 0.6 is 0 Å². The van der Waals surface area contributed by atoms with Crippen molar-refractivity contribution in [1.82, 2.24) is 9.62 Å². The molecule has 2 aliphatic rings. The molecule has 2 aromatic rings. The van der Waals surface area contributed by atoms with Crippen molar-refractivity contribution in [3.8, 4) is 0 Å². The molecule has 0 spiro atoms. The van der Waals surface area contributed by atoms with Gasteiger partial charge < -0.3 is 11.1 Å². The third-order valence-corrected chi connectivity index (χ3v) is 10.1. The molecule has 14 heteroatoms. The summed E-state index contributed by atoms with van der Waals surface area (Å²) in [4.78, 5) is 10.9. The number of aryl methyl sites for hydroxylation is 1. The number of hydrogen-bond donors (Lipinski definition) is 3. The van der Waals surface area contributed by atoms with Gasteiger partial charge in [0.15, 0.2) is 11.6 Å². The fourth-order valence-corrected chi connectivity index (χ4v) is 7.63. The molecule has 4 atom stereocenters. The molecule has 1 amide bonds. The highest BCUT2D eigenvalue weighted by molar-refractivity contribution is 7.89. The molecule has 4 N–H and O–H groups in total. The van der Waals surface area contributed by atoms with E-state index in [0.29, 0.717) is 18.9 Å². The summed E-state index contributed by atoms with van der Waals surface area (Å²) in [6.45, 7) is 3.23. The lowest BCUT2D eigenvalue weighted by Crippen LogP contribution is -2.51. The smallest absolute Gasteiger partial charge is 0.294 e. The van der Waals surface area contributed by atoms with Crippen LogP contribution in [0.15, 0.2) is 41.3 Å². The number of piperidine rings is 1. The van der Waals surface area contributed by atoms with Crippen LogP contribution in [-0.4, -0.2) is 62.0 Å². The first-order valence-electron chi connectivity index (χ1n) is 12.8. The summed E-state index contributed by atoms with van der Waals surface area (Å²) in [5, 5.41) is 2.50. The number of nitrogens with one attached hydrogen (secondary N) is 1. The number of sulfonamides is 1. The third-order valence-electron chi connectivity index (χ3n) is 7.23. The lowest BCUT2D eigenvalue weighted by molar-refractivity contribution is -0.118. The van der Waals surface area contributed by atoms with Crippen LogP contribution in [0, 0.1) is 30.3 Å². The van der Waals surface area contributed by atoms with Crippen LogP contribution in [0.1, 0.15) is 43.7 Å². The normalized spacial score (nSPS) is 21.8. The number of amides is 1. The van der Waals surface area contributed by atoms with E-state index < -0.39 is 43.6 Å². The summed E-state index contributed by atoms with van der Waals surface area (Å²) in [6, 6.07) is 6.50. The number of nitrogens with zero attached hydrogens (tertiary/aromatic N) is 1. The Labute approximate surface area is 232 Å². The second-order valence-electron chi connectivity index (χ2n) is 10.3. The van der Waals surface area contributed by atoms with Crippen molar-refractivity contribution in [2.45, 2.75) is 69.0 Å². The predicted octanol–water partition coefficient (Wildman–Crippen LogP) is 2.92. The number of benzene rings is 2. The predicted molar refractivity (Wildman–Crippen MR) is 143 cm³/mol. The monoisotopic (exact) mass is 605 g/mol. The van der Waals surface area contributed by atoms with Gasteiger partial charge in [-0.2, -0.15) is 12.7 Å². The van der Waals surface area contributed by atoms with Gasteiger partial charge in [-0.25, -0.2) is 21.6 Å². The zero-order valence-corrected chi connectivity index (χ0v) is 23.8. The molecule has 4 rings (SSSR count). The van der Waals surface area contributed by atoms with Crippen LogP contribution in [0.2, 0.25) is 0 Å². The fourth-order valence-electron chi connectivity index (χ4n) is 5.29. The second-order valence-corrected chi connectivity index (χ2v) is 13.7. The molecule has 222 valence electrons.